The molecule has 1 aromatic carbocycles. The molecule has 2 rings (SSSR count). The highest BCUT2D eigenvalue weighted by atomic mass is 35.5. The van der Waals surface area contributed by atoms with Crippen LogP contribution in [0.4, 0.5) is 0 Å². The van der Waals surface area contributed by atoms with Gasteiger partial charge in [0, 0.05) is 12.2 Å². The van der Waals surface area contributed by atoms with Gasteiger partial charge in [-0.2, -0.15) is 0 Å². The van der Waals surface area contributed by atoms with E-state index in [9.17, 15) is 8.42 Å². The van der Waals surface area contributed by atoms with Gasteiger partial charge in [-0.1, -0.05) is 23.4 Å². The summed E-state index contributed by atoms with van der Waals surface area (Å²) in [6.07, 6.45) is 0.478. The third-order valence-corrected chi connectivity index (χ3v) is 5.19. The molecule has 0 bridgehead atoms. The van der Waals surface area contributed by atoms with E-state index in [4.69, 9.17) is 21.4 Å². The van der Waals surface area contributed by atoms with Gasteiger partial charge in [-0.3, -0.25) is 0 Å². The number of nitrogens with one attached hydrogen (secondary N) is 1. The van der Waals surface area contributed by atoms with Crippen LogP contribution in [0.5, 0.6) is 0 Å². The van der Waals surface area contributed by atoms with Crippen molar-refractivity contribution in [2.75, 3.05) is 13.2 Å². The third kappa shape index (κ3) is 3.96. The Bertz CT molecular complexity index is 678. The maximum Gasteiger partial charge on any atom is 0.242 e. The van der Waals surface area contributed by atoms with E-state index in [2.05, 4.69) is 16.6 Å². The van der Waals surface area contributed by atoms with Crippen molar-refractivity contribution in [1.82, 2.24) is 4.72 Å². The van der Waals surface area contributed by atoms with Gasteiger partial charge >= 0.3 is 0 Å². The Balaban J connectivity index is 2.24. The molecular formula is C14H16ClNO4S. The molecule has 1 heterocycles. The molecule has 114 valence electrons. The maximum absolute atomic E-state index is 12.4. The lowest BCUT2D eigenvalue weighted by molar-refractivity contribution is 0.117. The molecule has 2 N–H and O–H groups in total. The summed E-state index contributed by atoms with van der Waals surface area (Å²) in [6.45, 7) is 2.10. The SMILES string of the molecule is CC1OCCC1NS(=O)(=O)c1ccc(C#CCO)cc1Cl. The van der Waals surface area contributed by atoms with Crippen LogP contribution in [-0.2, 0) is 14.8 Å². The molecule has 0 aliphatic carbocycles. The molecule has 5 nitrogen and oxygen atoms in total. The molecule has 2 atom stereocenters. The van der Waals surface area contributed by atoms with Gasteiger partial charge in [0.2, 0.25) is 10.0 Å². The second-order valence-electron chi connectivity index (χ2n) is 4.70. The van der Waals surface area contributed by atoms with E-state index in [-0.39, 0.29) is 28.7 Å². The highest BCUT2D eigenvalue weighted by Gasteiger charge is 2.30. The first-order valence-corrected chi connectivity index (χ1v) is 8.33. The Hall–Kier alpha value is -1.10. The zero-order valence-electron chi connectivity index (χ0n) is 11.5. The number of sulfonamides is 1. The van der Waals surface area contributed by atoms with Crippen molar-refractivity contribution < 1.29 is 18.3 Å². The Morgan fingerprint density at radius 2 is 2.29 bits per heavy atom. The molecule has 0 saturated carbocycles. The molecule has 0 radical (unpaired) electrons. The summed E-state index contributed by atoms with van der Waals surface area (Å²) in [6, 6.07) is 4.18. The normalized spacial score (nSPS) is 21.9. The second-order valence-corrected chi connectivity index (χ2v) is 6.79. The van der Waals surface area contributed by atoms with Crippen LogP contribution in [0.2, 0.25) is 5.02 Å². The van der Waals surface area contributed by atoms with Crippen LogP contribution in [0, 0.1) is 11.8 Å². The highest BCUT2D eigenvalue weighted by molar-refractivity contribution is 7.89. The molecule has 7 heteroatoms. The third-order valence-electron chi connectivity index (χ3n) is 3.22. The number of halogens is 1. The van der Waals surface area contributed by atoms with Crippen molar-refractivity contribution >= 4 is 21.6 Å². The van der Waals surface area contributed by atoms with Gasteiger partial charge in [0.05, 0.1) is 17.2 Å². The van der Waals surface area contributed by atoms with E-state index >= 15 is 0 Å². The summed E-state index contributed by atoms with van der Waals surface area (Å²) in [5.41, 5.74) is 0.547. The smallest absolute Gasteiger partial charge is 0.242 e. The Labute approximate surface area is 129 Å². The van der Waals surface area contributed by atoms with Crippen molar-refractivity contribution in [2.24, 2.45) is 0 Å². The fourth-order valence-electron chi connectivity index (χ4n) is 2.09. The van der Waals surface area contributed by atoms with Crippen molar-refractivity contribution in [3.05, 3.63) is 28.8 Å². The Morgan fingerprint density at radius 1 is 1.52 bits per heavy atom. The van der Waals surface area contributed by atoms with Crippen LogP contribution in [0.1, 0.15) is 18.9 Å². The van der Waals surface area contributed by atoms with E-state index in [1.165, 1.54) is 12.1 Å². The lowest BCUT2D eigenvalue weighted by Gasteiger charge is -2.16. The topological polar surface area (TPSA) is 75.6 Å². The fourth-order valence-corrected chi connectivity index (χ4v) is 3.97. The average Bonchev–Trinajstić information content (AvgIpc) is 2.81. The molecule has 21 heavy (non-hydrogen) atoms. The minimum absolute atomic E-state index is 0.0119. The lowest BCUT2D eigenvalue weighted by Crippen LogP contribution is -2.39. The fraction of sp³-hybridized carbons (Fsp3) is 0.429. The summed E-state index contributed by atoms with van der Waals surface area (Å²) in [5, 5.41) is 8.74. The number of hydrogen-bond donors (Lipinski definition) is 2. The first-order valence-electron chi connectivity index (χ1n) is 6.47. The molecule has 1 fully saturated rings. The van der Waals surface area contributed by atoms with Gasteiger partial charge in [-0.05, 0) is 31.5 Å². The number of benzene rings is 1. The summed E-state index contributed by atoms with van der Waals surface area (Å²) >= 11 is 6.03. The van der Waals surface area contributed by atoms with Gasteiger partial charge in [0.25, 0.3) is 0 Å². The van der Waals surface area contributed by atoms with Gasteiger partial charge in [0.1, 0.15) is 11.5 Å². The molecule has 0 aromatic heterocycles. The molecule has 1 aliphatic heterocycles. The summed E-state index contributed by atoms with van der Waals surface area (Å²) in [4.78, 5) is 0.0119. The number of aliphatic hydroxyl groups is 1. The van der Waals surface area contributed by atoms with Crippen LogP contribution < -0.4 is 4.72 Å². The first-order chi connectivity index (χ1) is 9.94. The van der Waals surface area contributed by atoms with Crippen LogP contribution in [0.15, 0.2) is 23.1 Å². The van der Waals surface area contributed by atoms with E-state index in [0.717, 1.165) is 0 Å². The monoisotopic (exact) mass is 329 g/mol. The van der Waals surface area contributed by atoms with E-state index in [1.54, 1.807) is 6.07 Å². The first kappa shape index (κ1) is 16.3. The molecule has 1 aliphatic rings. The molecular weight excluding hydrogens is 314 g/mol. The number of rotatable bonds is 3. The largest absolute Gasteiger partial charge is 0.384 e. The molecule has 1 saturated heterocycles. The van der Waals surface area contributed by atoms with Crippen LogP contribution in [0.3, 0.4) is 0 Å². The zero-order chi connectivity index (χ0) is 15.5. The van der Waals surface area contributed by atoms with E-state index in [0.29, 0.717) is 18.6 Å². The van der Waals surface area contributed by atoms with Crippen molar-refractivity contribution in [1.29, 1.82) is 0 Å². The minimum atomic E-state index is -3.70. The number of ether oxygens (including phenoxy) is 1. The summed E-state index contributed by atoms with van der Waals surface area (Å²) in [5.74, 6) is 5.15. The lowest BCUT2D eigenvalue weighted by atomic mass is 10.2. The number of hydrogen-bond acceptors (Lipinski definition) is 4. The highest BCUT2D eigenvalue weighted by Crippen LogP contribution is 2.24. The zero-order valence-corrected chi connectivity index (χ0v) is 13.0. The number of aliphatic hydroxyl groups excluding tert-OH is 1. The molecule has 0 amide bonds. The van der Waals surface area contributed by atoms with Crippen molar-refractivity contribution in [3.8, 4) is 11.8 Å². The van der Waals surface area contributed by atoms with Crippen LogP contribution in [0.25, 0.3) is 0 Å². The van der Waals surface area contributed by atoms with Gasteiger partial charge in [-0.15, -0.1) is 0 Å². The minimum Gasteiger partial charge on any atom is -0.384 e. The van der Waals surface area contributed by atoms with Crippen LogP contribution >= 0.6 is 11.6 Å². The summed E-state index contributed by atoms with van der Waals surface area (Å²) < 4.78 is 32.7. The predicted molar refractivity (Wildman–Crippen MR) is 79.6 cm³/mol. The van der Waals surface area contributed by atoms with E-state index in [1.807, 2.05) is 6.92 Å². The Kier molecular flexibility index (Phi) is 5.25. The maximum atomic E-state index is 12.4. The Morgan fingerprint density at radius 3 is 2.86 bits per heavy atom. The van der Waals surface area contributed by atoms with E-state index < -0.39 is 10.0 Å². The summed E-state index contributed by atoms with van der Waals surface area (Å²) in [7, 11) is -3.70. The van der Waals surface area contributed by atoms with Crippen LogP contribution in [-0.4, -0.2) is 38.9 Å². The predicted octanol–water partition coefficient (Wildman–Crippen LogP) is 1.14. The van der Waals surface area contributed by atoms with Gasteiger partial charge in [-0.25, -0.2) is 13.1 Å². The molecule has 1 aromatic rings. The van der Waals surface area contributed by atoms with Gasteiger partial charge < -0.3 is 9.84 Å². The van der Waals surface area contributed by atoms with Crippen molar-refractivity contribution in [2.45, 2.75) is 30.4 Å². The second kappa shape index (κ2) is 6.77. The van der Waals surface area contributed by atoms with Gasteiger partial charge in [0.15, 0.2) is 0 Å². The van der Waals surface area contributed by atoms with Crippen molar-refractivity contribution in [3.63, 3.8) is 0 Å². The molecule has 0 spiro atoms. The quantitative estimate of drug-likeness (QED) is 0.815. The molecule has 2 unspecified atom stereocenters. The average molecular weight is 330 g/mol. The standard InChI is InChI=1S/C14H16ClNO4S/c1-10-13(6-8-20-10)16-21(18,19)14-5-4-11(3-2-7-17)9-12(14)15/h4-5,9-10,13,16-17H,6-8H2,1H3.